The Morgan fingerprint density at radius 3 is 2.65 bits per heavy atom. The van der Waals surface area contributed by atoms with E-state index in [2.05, 4.69) is 54.1 Å². The first-order valence-corrected chi connectivity index (χ1v) is 13.0. The SMILES string of the molecule is CCc1ccc2nc(N3CCC(C(=O)NCCCN4C[C@@H](C)C[C@H](C)C4)CC3)sc2c1. The third-order valence-electron chi connectivity index (χ3n) is 6.88. The Bertz CT molecular complexity index is 864. The van der Waals surface area contributed by atoms with Crippen LogP contribution in [0.4, 0.5) is 5.13 Å². The smallest absolute Gasteiger partial charge is 0.223 e. The Morgan fingerprint density at radius 1 is 1.19 bits per heavy atom. The van der Waals surface area contributed by atoms with Crippen LogP contribution in [0.15, 0.2) is 18.2 Å². The highest BCUT2D eigenvalue weighted by Gasteiger charge is 2.26. The van der Waals surface area contributed by atoms with Crippen LogP contribution in [0.3, 0.4) is 0 Å². The summed E-state index contributed by atoms with van der Waals surface area (Å²) in [5.74, 6) is 1.99. The number of aromatic nitrogens is 1. The normalized spacial score (nSPS) is 23.4. The van der Waals surface area contributed by atoms with Crippen LogP contribution < -0.4 is 10.2 Å². The molecule has 2 aliphatic heterocycles. The zero-order chi connectivity index (χ0) is 21.8. The minimum atomic E-state index is 0.146. The Kier molecular flexibility index (Phi) is 7.49. The number of carbonyl (C=O) groups excluding carboxylic acids is 1. The van der Waals surface area contributed by atoms with Gasteiger partial charge in [0.2, 0.25) is 5.91 Å². The van der Waals surface area contributed by atoms with Crippen molar-refractivity contribution >= 4 is 32.6 Å². The fraction of sp³-hybridized carbons (Fsp3) is 0.680. The van der Waals surface area contributed by atoms with Crippen molar-refractivity contribution in [1.82, 2.24) is 15.2 Å². The number of carbonyl (C=O) groups is 1. The fourth-order valence-electron chi connectivity index (χ4n) is 5.28. The molecule has 170 valence electrons. The molecule has 2 atom stereocenters. The molecule has 1 aromatic carbocycles. The Labute approximate surface area is 191 Å². The third kappa shape index (κ3) is 5.78. The van der Waals surface area contributed by atoms with Crippen LogP contribution in [0.2, 0.25) is 0 Å². The molecular weight excluding hydrogens is 404 g/mol. The average Bonchev–Trinajstić information content (AvgIpc) is 3.19. The van der Waals surface area contributed by atoms with Crippen molar-refractivity contribution in [3.05, 3.63) is 23.8 Å². The van der Waals surface area contributed by atoms with E-state index in [0.717, 1.165) is 74.3 Å². The van der Waals surface area contributed by atoms with E-state index in [-0.39, 0.29) is 11.8 Å². The summed E-state index contributed by atoms with van der Waals surface area (Å²) < 4.78 is 1.27. The second-order valence-electron chi connectivity index (χ2n) is 9.76. The van der Waals surface area contributed by atoms with Crippen molar-refractivity contribution in [3.8, 4) is 0 Å². The lowest BCUT2D eigenvalue weighted by Gasteiger charge is -2.35. The van der Waals surface area contributed by atoms with Crippen LogP contribution >= 0.6 is 11.3 Å². The number of hydrogen-bond acceptors (Lipinski definition) is 5. The lowest BCUT2D eigenvalue weighted by molar-refractivity contribution is -0.125. The second kappa shape index (κ2) is 10.3. The monoisotopic (exact) mass is 442 g/mol. The standard InChI is InChI=1S/C25H38N4OS/c1-4-20-6-7-22-23(15-20)31-25(27-22)29-12-8-21(9-13-29)24(30)26-10-5-11-28-16-18(2)14-19(3)17-28/h6-7,15,18-19,21H,4-5,8-14,16-17H2,1-3H3,(H,26,30)/t18-,19-/m0/s1. The molecule has 1 aromatic heterocycles. The number of rotatable bonds is 7. The van der Waals surface area contributed by atoms with Gasteiger partial charge in [0.1, 0.15) is 0 Å². The maximum atomic E-state index is 12.7. The predicted octanol–water partition coefficient (Wildman–Crippen LogP) is 4.56. The van der Waals surface area contributed by atoms with Crippen molar-refractivity contribution in [3.63, 3.8) is 0 Å². The quantitative estimate of drug-likeness (QED) is 0.639. The molecule has 0 spiro atoms. The van der Waals surface area contributed by atoms with Gasteiger partial charge in [0, 0.05) is 38.6 Å². The number of nitrogens with one attached hydrogen (secondary N) is 1. The molecule has 3 heterocycles. The summed E-state index contributed by atoms with van der Waals surface area (Å²) in [6, 6.07) is 6.58. The van der Waals surface area contributed by atoms with Crippen LogP contribution in [0, 0.1) is 17.8 Å². The number of hydrogen-bond donors (Lipinski definition) is 1. The van der Waals surface area contributed by atoms with E-state index in [1.807, 2.05) is 0 Å². The summed E-state index contributed by atoms with van der Waals surface area (Å²) in [6.45, 7) is 13.1. The molecule has 2 aromatic rings. The maximum Gasteiger partial charge on any atom is 0.223 e. The fourth-order valence-corrected chi connectivity index (χ4v) is 6.36. The molecule has 0 radical (unpaired) electrons. The van der Waals surface area contributed by atoms with E-state index in [9.17, 15) is 4.79 Å². The Hall–Kier alpha value is -1.66. The number of piperidine rings is 2. The summed E-state index contributed by atoms with van der Waals surface area (Å²) in [4.78, 5) is 22.4. The van der Waals surface area contributed by atoms with Crippen molar-refractivity contribution in [2.24, 2.45) is 17.8 Å². The van der Waals surface area contributed by atoms with Crippen molar-refractivity contribution in [1.29, 1.82) is 0 Å². The second-order valence-corrected chi connectivity index (χ2v) is 10.8. The molecule has 6 heteroatoms. The predicted molar refractivity (Wildman–Crippen MR) is 131 cm³/mol. The molecule has 1 N–H and O–H groups in total. The van der Waals surface area contributed by atoms with Gasteiger partial charge in [0.05, 0.1) is 10.2 Å². The van der Waals surface area contributed by atoms with Gasteiger partial charge in [-0.15, -0.1) is 0 Å². The first-order valence-electron chi connectivity index (χ1n) is 12.2. The van der Waals surface area contributed by atoms with Crippen molar-refractivity contribution in [2.75, 3.05) is 44.2 Å². The summed E-state index contributed by atoms with van der Waals surface area (Å²) in [6.07, 6.45) is 5.30. The molecule has 2 fully saturated rings. The lowest BCUT2D eigenvalue weighted by atomic mass is 9.92. The van der Waals surface area contributed by atoms with Gasteiger partial charge >= 0.3 is 0 Å². The van der Waals surface area contributed by atoms with Gasteiger partial charge in [0.25, 0.3) is 0 Å². The molecule has 1 amide bonds. The third-order valence-corrected chi connectivity index (χ3v) is 7.96. The van der Waals surface area contributed by atoms with E-state index in [1.54, 1.807) is 11.3 Å². The Morgan fingerprint density at radius 2 is 1.94 bits per heavy atom. The highest BCUT2D eigenvalue weighted by atomic mass is 32.1. The van der Waals surface area contributed by atoms with E-state index in [4.69, 9.17) is 4.98 Å². The molecule has 31 heavy (non-hydrogen) atoms. The summed E-state index contributed by atoms with van der Waals surface area (Å²) in [7, 11) is 0. The Balaban J connectivity index is 1.19. The van der Waals surface area contributed by atoms with E-state index in [0.29, 0.717) is 0 Å². The molecule has 5 nitrogen and oxygen atoms in total. The van der Waals surface area contributed by atoms with Crippen LogP contribution in [0.1, 0.15) is 52.0 Å². The first kappa shape index (κ1) is 22.5. The number of aryl methyl sites for hydroxylation is 1. The van der Waals surface area contributed by atoms with E-state index < -0.39 is 0 Å². The van der Waals surface area contributed by atoms with E-state index >= 15 is 0 Å². The average molecular weight is 443 g/mol. The summed E-state index contributed by atoms with van der Waals surface area (Å²) in [5.41, 5.74) is 2.46. The maximum absolute atomic E-state index is 12.7. The largest absolute Gasteiger partial charge is 0.356 e. The molecule has 2 aliphatic rings. The summed E-state index contributed by atoms with van der Waals surface area (Å²) >= 11 is 1.78. The number of nitrogens with zero attached hydrogens (tertiary/aromatic N) is 3. The van der Waals surface area contributed by atoms with Gasteiger partial charge in [-0.05, 0) is 68.2 Å². The van der Waals surface area contributed by atoms with Gasteiger partial charge in [-0.3, -0.25) is 4.79 Å². The number of benzene rings is 1. The zero-order valence-corrected chi connectivity index (χ0v) is 20.2. The zero-order valence-electron chi connectivity index (χ0n) is 19.4. The van der Waals surface area contributed by atoms with Crippen LogP contribution in [0.25, 0.3) is 10.2 Å². The number of fused-ring (bicyclic) bond motifs is 1. The topological polar surface area (TPSA) is 48.5 Å². The van der Waals surface area contributed by atoms with Crippen LogP contribution in [0.5, 0.6) is 0 Å². The van der Waals surface area contributed by atoms with Gasteiger partial charge < -0.3 is 15.1 Å². The van der Waals surface area contributed by atoms with Crippen LogP contribution in [-0.2, 0) is 11.2 Å². The number of anilines is 1. The van der Waals surface area contributed by atoms with Gasteiger partial charge in [-0.1, -0.05) is 38.2 Å². The lowest BCUT2D eigenvalue weighted by Crippen LogP contribution is -2.42. The van der Waals surface area contributed by atoms with Crippen molar-refractivity contribution < 1.29 is 4.79 Å². The molecule has 2 saturated heterocycles. The minimum Gasteiger partial charge on any atom is -0.356 e. The highest BCUT2D eigenvalue weighted by molar-refractivity contribution is 7.22. The first-order chi connectivity index (χ1) is 15.0. The van der Waals surface area contributed by atoms with Gasteiger partial charge in [0.15, 0.2) is 5.13 Å². The summed E-state index contributed by atoms with van der Waals surface area (Å²) in [5, 5.41) is 4.31. The molecular formula is C25H38N4OS. The molecule has 0 bridgehead atoms. The number of amides is 1. The van der Waals surface area contributed by atoms with Gasteiger partial charge in [-0.2, -0.15) is 0 Å². The highest BCUT2D eigenvalue weighted by Crippen LogP contribution is 2.32. The van der Waals surface area contributed by atoms with E-state index in [1.165, 1.54) is 29.8 Å². The van der Waals surface area contributed by atoms with Crippen LogP contribution in [-0.4, -0.2) is 55.1 Å². The molecule has 4 rings (SSSR count). The molecule has 0 unspecified atom stereocenters. The minimum absolute atomic E-state index is 0.146. The molecule has 0 saturated carbocycles. The number of likely N-dealkylation sites (tertiary alicyclic amines) is 1. The van der Waals surface area contributed by atoms with Gasteiger partial charge in [-0.25, -0.2) is 4.98 Å². The number of thiazole rings is 1. The molecule has 0 aliphatic carbocycles. The van der Waals surface area contributed by atoms with Crippen molar-refractivity contribution in [2.45, 2.75) is 52.9 Å².